The molecular formula is C13H24ClN3. The van der Waals surface area contributed by atoms with Crippen molar-refractivity contribution in [1.82, 2.24) is 15.3 Å². The van der Waals surface area contributed by atoms with Gasteiger partial charge in [-0.15, -0.1) is 0 Å². The van der Waals surface area contributed by atoms with Gasteiger partial charge in [0.1, 0.15) is 5.82 Å². The van der Waals surface area contributed by atoms with Crippen molar-refractivity contribution in [1.29, 1.82) is 0 Å². The van der Waals surface area contributed by atoms with E-state index >= 15 is 0 Å². The van der Waals surface area contributed by atoms with Crippen molar-refractivity contribution in [2.45, 2.75) is 65.5 Å². The average Bonchev–Trinajstić information content (AvgIpc) is 2.69. The third-order valence-electron chi connectivity index (χ3n) is 3.10. The predicted octanol–water partition coefficient (Wildman–Crippen LogP) is 3.68. The first-order valence-corrected chi connectivity index (χ1v) is 7.05. The van der Waals surface area contributed by atoms with Gasteiger partial charge in [0.05, 0.1) is 5.69 Å². The van der Waals surface area contributed by atoms with Gasteiger partial charge in [0, 0.05) is 19.0 Å². The van der Waals surface area contributed by atoms with Gasteiger partial charge >= 0.3 is 0 Å². The highest BCUT2D eigenvalue weighted by molar-refractivity contribution is 6.30. The molecule has 0 bridgehead atoms. The smallest absolute Gasteiger partial charge is 0.151 e. The minimum Gasteiger partial charge on any atom is -0.344 e. The fourth-order valence-electron chi connectivity index (χ4n) is 1.84. The Morgan fingerprint density at radius 2 is 2.00 bits per heavy atom. The Morgan fingerprint density at radius 1 is 1.29 bits per heavy atom. The Bertz CT molecular complexity index is 318. The number of nitrogens with zero attached hydrogens (tertiary/aromatic N) is 1. The first-order chi connectivity index (χ1) is 8.21. The SMILES string of the molecule is CCCCc1nc(Cl)c(CNC(CC)CC)[nH]1. The fourth-order valence-corrected chi connectivity index (χ4v) is 2.06. The maximum atomic E-state index is 6.11. The first kappa shape index (κ1) is 14.5. The lowest BCUT2D eigenvalue weighted by Crippen LogP contribution is -2.27. The second-order valence-electron chi connectivity index (χ2n) is 4.45. The standard InChI is InChI=1S/C13H24ClN3/c1-4-7-8-12-16-11(13(14)17-12)9-15-10(5-2)6-3/h10,15H,4-9H2,1-3H3,(H,16,17). The molecule has 17 heavy (non-hydrogen) atoms. The molecule has 3 nitrogen and oxygen atoms in total. The Balaban J connectivity index is 2.50. The third kappa shape index (κ3) is 4.68. The summed E-state index contributed by atoms with van der Waals surface area (Å²) in [7, 11) is 0. The minimum absolute atomic E-state index is 0.563. The second kappa shape index (κ2) is 7.72. The minimum atomic E-state index is 0.563. The molecule has 2 N–H and O–H groups in total. The molecule has 98 valence electrons. The van der Waals surface area contributed by atoms with Gasteiger partial charge in [-0.1, -0.05) is 38.8 Å². The normalized spacial score (nSPS) is 11.4. The molecule has 0 spiro atoms. The van der Waals surface area contributed by atoms with Crippen LogP contribution < -0.4 is 5.32 Å². The van der Waals surface area contributed by atoms with E-state index in [1.807, 2.05) is 0 Å². The predicted molar refractivity (Wildman–Crippen MR) is 73.4 cm³/mol. The highest BCUT2D eigenvalue weighted by Gasteiger charge is 2.09. The molecule has 0 amide bonds. The van der Waals surface area contributed by atoms with Gasteiger partial charge < -0.3 is 10.3 Å². The lowest BCUT2D eigenvalue weighted by atomic mass is 10.2. The molecule has 4 heteroatoms. The van der Waals surface area contributed by atoms with E-state index in [9.17, 15) is 0 Å². The highest BCUT2D eigenvalue weighted by Crippen LogP contribution is 2.14. The van der Waals surface area contributed by atoms with Crippen molar-refractivity contribution in [3.63, 3.8) is 0 Å². The molecule has 0 aliphatic heterocycles. The summed E-state index contributed by atoms with van der Waals surface area (Å²) >= 11 is 6.11. The van der Waals surface area contributed by atoms with E-state index < -0.39 is 0 Å². The van der Waals surface area contributed by atoms with Crippen LogP contribution in [0.2, 0.25) is 5.15 Å². The number of aryl methyl sites for hydroxylation is 1. The van der Waals surface area contributed by atoms with E-state index in [0.29, 0.717) is 11.2 Å². The number of unbranched alkanes of at least 4 members (excludes halogenated alkanes) is 1. The first-order valence-electron chi connectivity index (χ1n) is 6.67. The van der Waals surface area contributed by atoms with Gasteiger partial charge in [-0.25, -0.2) is 4.98 Å². The monoisotopic (exact) mass is 257 g/mol. The Morgan fingerprint density at radius 3 is 2.59 bits per heavy atom. The van der Waals surface area contributed by atoms with E-state index in [1.54, 1.807) is 0 Å². The number of aromatic amines is 1. The number of aromatic nitrogens is 2. The number of rotatable bonds is 8. The van der Waals surface area contributed by atoms with Gasteiger partial charge in [-0.3, -0.25) is 0 Å². The molecule has 0 saturated carbocycles. The zero-order chi connectivity index (χ0) is 12.7. The van der Waals surface area contributed by atoms with Crippen LogP contribution in [0.15, 0.2) is 0 Å². The van der Waals surface area contributed by atoms with Gasteiger partial charge in [-0.05, 0) is 19.3 Å². The number of H-pyrrole nitrogens is 1. The third-order valence-corrected chi connectivity index (χ3v) is 3.41. The van der Waals surface area contributed by atoms with E-state index in [0.717, 1.165) is 43.7 Å². The molecule has 0 fully saturated rings. The van der Waals surface area contributed by atoms with E-state index in [2.05, 4.69) is 36.1 Å². The maximum absolute atomic E-state index is 6.11. The van der Waals surface area contributed by atoms with Crippen LogP contribution in [-0.2, 0) is 13.0 Å². The van der Waals surface area contributed by atoms with Gasteiger partial charge in [0.25, 0.3) is 0 Å². The van der Waals surface area contributed by atoms with Gasteiger partial charge in [0.15, 0.2) is 5.15 Å². The Labute approximate surface area is 109 Å². The summed E-state index contributed by atoms with van der Waals surface area (Å²) in [5, 5.41) is 4.11. The van der Waals surface area contributed by atoms with Crippen molar-refractivity contribution in [2.75, 3.05) is 0 Å². The van der Waals surface area contributed by atoms with Gasteiger partial charge in [-0.2, -0.15) is 0 Å². The van der Waals surface area contributed by atoms with Crippen molar-refractivity contribution in [2.24, 2.45) is 0 Å². The van der Waals surface area contributed by atoms with Gasteiger partial charge in [0.2, 0.25) is 0 Å². The summed E-state index contributed by atoms with van der Waals surface area (Å²) in [5.74, 6) is 1.01. The van der Waals surface area contributed by atoms with Crippen LogP contribution in [0.3, 0.4) is 0 Å². The molecule has 0 saturated heterocycles. The molecule has 1 heterocycles. The summed E-state index contributed by atoms with van der Waals surface area (Å²) in [4.78, 5) is 7.66. The summed E-state index contributed by atoms with van der Waals surface area (Å²) < 4.78 is 0. The molecule has 0 atom stereocenters. The topological polar surface area (TPSA) is 40.7 Å². The van der Waals surface area contributed by atoms with Crippen LogP contribution in [0.1, 0.15) is 58.0 Å². The second-order valence-corrected chi connectivity index (χ2v) is 4.81. The molecule has 0 aromatic carbocycles. The molecule has 0 unspecified atom stereocenters. The van der Waals surface area contributed by atoms with Crippen molar-refractivity contribution < 1.29 is 0 Å². The zero-order valence-corrected chi connectivity index (χ0v) is 11.9. The molecule has 0 radical (unpaired) electrons. The lowest BCUT2D eigenvalue weighted by Gasteiger charge is -2.13. The average molecular weight is 258 g/mol. The number of hydrogen-bond acceptors (Lipinski definition) is 2. The Hall–Kier alpha value is -0.540. The molecule has 1 aromatic heterocycles. The van der Waals surface area contributed by atoms with Crippen LogP contribution in [0.25, 0.3) is 0 Å². The highest BCUT2D eigenvalue weighted by atomic mass is 35.5. The molecule has 0 aliphatic carbocycles. The molecular weight excluding hydrogens is 234 g/mol. The van der Waals surface area contributed by atoms with E-state index in [-0.39, 0.29) is 0 Å². The maximum Gasteiger partial charge on any atom is 0.151 e. The van der Waals surface area contributed by atoms with Crippen LogP contribution in [-0.4, -0.2) is 16.0 Å². The molecule has 1 rings (SSSR count). The summed E-state index contributed by atoms with van der Waals surface area (Å²) in [6.07, 6.45) is 5.61. The van der Waals surface area contributed by atoms with Crippen molar-refractivity contribution in [3.05, 3.63) is 16.7 Å². The fraction of sp³-hybridized carbons (Fsp3) is 0.769. The van der Waals surface area contributed by atoms with Crippen LogP contribution in [0.5, 0.6) is 0 Å². The lowest BCUT2D eigenvalue weighted by molar-refractivity contribution is 0.481. The number of hydrogen-bond donors (Lipinski definition) is 2. The van der Waals surface area contributed by atoms with Crippen molar-refractivity contribution >= 4 is 11.6 Å². The molecule has 1 aromatic rings. The van der Waals surface area contributed by atoms with Crippen LogP contribution >= 0.6 is 11.6 Å². The number of nitrogens with one attached hydrogen (secondary N) is 2. The number of halogens is 1. The van der Waals surface area contributed by atoms with Crippen molar-refractivity contribution in [3.8, 4) is 0 Å². The largest absolute Gasteiger partial charge is 0.344 e. The van der Waals surface area contributed by atoms with Crippen LogP contribution in [0.4, 0.5) is 0 Å². The summed E-state index contributed by atoms with van der Waals surface area (Å²) in [6, 6.07) is 0.563. The summed E-state index contributed by atoms with van der Waals surface area (Å²) in [5.41, 5.74) is 1.02. The van der Waals surface area contributed by atoms with Crippen LogP contribution in [0, 0.1) is 0 Å². The quantitative estimate of drug-likeness (QED) is 0.746. The summed E-state index contributed by atoms with van der Waals surface area (Å²) in [6.45, 7) is 7.36. The number of imidazole rings is 1. The van der Waals surface area contributed by atoms with E-state index in [1.165, 1.54) is 6.42 Å². The Kier molecular flexibility index (Phi) is 6.60. The molecule has 0 aliphatic rings. The van der Waals surface area contributed by atoms with E-state index in [4.69, 9.17) is 11.6 Å². The zero-order valence-electron chi connectivity index (χ0n) is 11.1.